The van der Waals surface area contributed by atoms with Crippen molar-refractivity contribution in [2.45, 2.75) is 36.6 Å². The molecule has 0 aliphatic carbocycles. The van der Waals surface area contributed by atoms with Gasteiger partial charge in [0.15, 0.2) is 6.04 Å². The molecule has 1 unspecified atom stereocenters. The molecule has 168 valence electrons. The third-order valence-electron chi connectivity index (χ3n) is 5.60. The highest BCUT2D eigenvalue weighted by atomic mass is 32.2. The van der Waals surface area contributed by atoms with Crippen LogP contribution in [0.1, 0.15) is 18.4 Å². The first-order valence-corrected chi connectivity index (χ1v) is 11.6. The number of benzene rings is 1. The van der Waals surface area contributed by atoms with Crippen LogP contribution in [0.4, 0.5) is 4.79 Å². The van der Waals surface area contributed by atoms with E-state index in [2.05, 4.69) is 4.98 Å². The van der Waals surface area contributed by atoms with Crippen molar-refractivity contribution in [3.8, 4) is 0 Å². The molecule has 0 radical (unpaired) electrons. The number of piperidine rings is 1. The van der Waals surface area contributed by atoms with Crippen LogP contribution in [0.15, 0.2) is 59.8 Å². The summed E-state index contributed by atoms with van der Waals surface area (Å²) in [6, 6.07) is 14.1. The van der Waals surface area contributed by atoms with Crippen molar-refractivity contribution in [1.82, 2.24) is 14.8 Å². The summed E-state index contributed by atoms with van der Waals surface area (Å²) in [5.74, 6) is -0.103. The molecule has 2 aliphatic heterocycles. The van der Waals surface area contributed by atoms with Crippen LogP contribution in [-0.4, -0.2) is 70.3 Å². The molecule has 0 bridgehead atoms. The Morgan fingerprint density at radius 3 is 2.56 bits per heavy atom. The zero-order valence-electron chi connectivity index (χ0n) is 17.6. The molecule has 9 heteroatoms. The fraction of sp³-hybridized carbons (Fsp3) is 0.391. The molecule has 1 aromatic heterocycles. The Kier molecular flexibility index (Phi) is 7.26. The lowest BCUT2D eigenvalue weighted by Crippen LogP contribution is -2.52. The number of carbonyl (C=O) groups is 3. The van der Waals surface area contributed by atoms with E-state index in [-0.39, 0.29) is 25.2 Å². The lowest BCUT2D eigenvalue weighted by molar-refractivity contribution is -0.150. The van der Waals surface area contributed by atoms with E-state index in [4.69, 9.17) is 9.47 Å². The van der Waals surface area contributed by atoms with Crippen LogP contribution in [0.25, 0.3) is 0 Å². The van der Waals surface area contributed by atoms with Gasteiger partial charge < -0.3 is 14.4 Å². The second-order valence-electron chi connectivity index (χ2n) is 7.66. The topological polar surface area (TPSA) is 89.0 Å². The molecule has 2 amide bonds. The number of amides is 2. The predicted octanol–water partition coefficient (Wildman–Crippen LogP) is 2.73. The molecule has 2 aliphatic rings. The Morgan fingerprint density at radius 2 is 1.84 bits per heavy atom. The molecule has 2 aromatic rings. The summed E-state index contributed by atoms with van der Waals surface area (Å²) >= 11 is 1.41. The van der Waals surface area contributed by atoms with E-state index in [1.165, 1.54) is 16.7 Å². The molecule has 32 heavy (non-hydrogen) atoms. The number of ether oxygens (including phenoxy) is 2. The number of pyridine rings is 1. The SMILES string of the molecule is O=C(OCc1ccccc1)C1COC(=O)N1C1CCN(C(=O)CSc2ccccn2)CC1. The summed E-state index contributed by atoms with van der Waals surface area (Å²) in [6.07, 6.45) is 2.39. The number of nitrogens with zero attached hydrogens (tertiary/aromatic N) is 3. The number of aromatic nitrogens is 1. The minimum Gasteiger partial charge on any atom is -0.459 e. The highest BCUT2D eigenvalue weighted by Gasteiger charge is 2.44. The number of thioether (sulfide) groups is 1. The van der Waals surface area contributed by atoms with Gasteiger partial charge in [0.05, 0.1) is 10.8 Å². The van der Waals surface area contributed by atoms with Gasteiger partial charge in [-0.3, -0.25) is 9.69 Å². The molecule has 0 spiro atoms. The summed E-state index contributed by atoms with van der Waals surface area (Å²) in [7, 11) is 0. The summed E-state index contributed by atoms with van der Waals surface area (Å²) < 4.78 is 10.6. The van der Waals surface area contributed by atoms with Crippen molar-refractivity contribution in [2.75, 3.05) is 25.4 Å². The van der Waals surface area contributed by atoms with Crippen molar-refractivity contribution >= 4 is 29.7 Å². The minimum absolute atomic E-state index is 0.00762. The van der Waals surface area contributed by atoms with E-state index >= 15 is 0 Å². The van der Waals surface area contributed by atoms with Crippen LogP contribution in [0.3, 0.4) is 0 Å². The smallest absolute Gasteiger partial charge is 0.410 e. The maximum Gasteiger partial charge on any atom is 0.410 e. The fourth-order valence-corrected chi connectivity index (χ4v) is 4.66. The van der Waals surface area contributed by atoms with Crippen molar-refractivity contribution < 1.29 is 23.9 Å². The van der Waals surface area contributed by atoms with Gasteiger partial charge in [-0.15, -0.1) is 0 Å². The van der Waals surface area contributed by atoms with Gasteiger partial charge in [0.2, 0.25) is 5.91 Å². The number of carbonyl (C=O) groups excluding carboxylic acids is 3. The van der Waals surface area contributed by atoms with E-state index in [0.717, 1.165) is 10.6 Å². The van der Waals surface area contributed by atoms with Crippen LogP contribution < -0.4 is 0 Å². The Morgan fingerprint density at radius 1 is 1.09 bits per heavy atom. The number of rotatable bonds is 7. The fourth-order valence-electron chi connectivity index (χ4n) is 3.90. The highest BCUT2D eigenvalue weighted by Crippen LogP contribution is 2.26. The first kappa shape index (κ1) is 22.1. The molecule has 1 aromatic carbocycles. The van der Waals surface area contributed by atoms with E-state index in [0.29, 0.717) is 31.7 Å². The van der Waals surface area contributed by atoms with E-state index in [1.807, 2.05) is 48.5 Å². The average Bonchev–Trinajstić information content (AvgIpc) is 3.24. The number of likely N-dealkylation sites (tertiary alicyclic amines) is 1. The predicted molar refractivity (Wildman–Crippen MR) is 118 cm³/mol. The summed E-state index contributed by atoms with van der Waals surface area (Å²) in [6.45, 7) is 1.20. The monoisotopic (exact) mass is 455 g/mol. The third-order valence-corrected chi connectivity index (χ3v) is 6.53. The molecule has 1 atom stereocenters. The number of cyclic esters (lactones) is 1. The Labute approximate surface area is 190 Å². The summed E-state index contributed by atoms with van der Waals surface area (Å²) in [4.78, 5) is 45.1. The van der Waals surface area contributed by atoms with Gasteiger partial charge in [-0.2, -0.15) is 0 Å². The maximum atomic E-state index is 12.6. The number of esters is 1. The van der Waals surface area contributed by atoms with Crippen LogP contribution in [-0.2, 0) is 25.7 Å². The van der Waals surface area contributed by atoms with Crippen molar-refractivity contribution in [2.24, 2.45) is 0 Å². The Hall–Kier alpha value is -3.07. The molecule has 4 rings (SSSR count). The second-order valence-corrected chi connectivity index (χ2v) is 8.66. The van der Waals surface area contributed by atoms with Crippen LogP contribution in [0, 0.1) is 0 Å². The quantitative estimate of drug-likeness (QED) is 0.468. The lowest BCUT2D eigenvalue weighted by atomic mass is 10.0. The molecule has 2 fully saturated rings. The average molecular weight is 456 g/mol. The third kappa shape index (κ3) is 5.40. The van der Waals surface area contributed by atoms with Gasteiger partial charge in [0, 0.05) is 25.3 Å². The first-order chi connectivity index (χ1) is 15.6. The summed E-state index contributed by atoms with van der Waals surface area (Å²) in [5, 5.41) is 0.812. The van der Waals surface area contributed by atoms with Gasteiger partial charge in [-0.05, 0) is 30.5 Å². The Bertz CT molecular complexity index is 935. The van der Waals surface area contributed by atoms with E-state index < -0.39 is 18.1 Å². The minimum atomic E-state index is -0.752. The van der Waals surface area contributed by atoms with Crippen LogP contribution in [0.5, 0.6) is 0 Å². The Balaban J connectivity index is 1.28. The van der Waals surface area contributed by atoms with Crippen molar-refractivity contribution in [3.05, 3.63) is 60.3 Å². The lowest BCUT2D eigenvalue weighted by Gasteiger charge is -2.37. The van der Waals surface area contributed by atoms with E-state index in [1.54, 1.807) is 11.1 Å². The molecule has 3 heterocycles. The second kappa shape index (κ2) is 10.5. The van der Waals surface area contributed by atoms with Crippen LogP contribution >= 0.6 is 11.8 Å². The van der Waals surface area contributed by atoms with Gasteiger partial charge in [0.1, 0.15) is 13.2 Å². The normalized spacial score (nSPS) is 19.0. The highest BCUT2D eigenvalue weighted by molar-refractivity contribution is 7.99. The molecular formula is C23H25N3O5S. The number of hydrogen-bond donors (Lipinski definition) is 0. The zero-order valence-corrected chi connectivity index (χ0v) is 18.4. The maximum absolute atomic E-state index is 12.6. The van der Waals surface area contributed by atoms with Gasteiger partial charge in [0.25, 0.3) is 0 Å². The zero-order chi connectivity index (χ0) is 22.3. The molecule has 0 N–H and O–H groups in total. The van der Waals surface area contributed by atoms with Gasteiger partial charge >= 0.3 is 12.1 Å². The van der Waals surface area contributed by atoms with Crippen molar-refractivity contribution in [3.63, 3.8) is 0 Å². The molecule has 8 nitrogen and oxygen atoms in total. The summed E-state index contributed by atoms with van der Waals surface area (Å²) in [5.41, 5.74) is 0.882. The van der Waals surface area contributed by atoms with Crippen LogP contribution in [0.2, 0.25) is 0 Å². The van der Waals surface area contributed by atoms with Crippen molar-refractivity contribution in [1.29, 1.82) is 0 Å². The van der Waals surface area contributed by atoms with Gasteiger partial charge in [-0.25, -0.2) is 14.6 Å². The molecular weight excluding hydrogens is 430 g/mol. The number of hydrogen-bond acceptors (Lipinski definition) is 7. The largest absolute Gasteiger partial charge is 0.459 e. The molecule has 0 saturated carbocycles. The first-order valence-electron chi connectivity index (χ1n) is 10.6. The molecule has 2 saturated heterocycles. The standard InChI is InChI=1S/C23H25N3O5S/c27-21(16-32-20-8-4-5-11-24-20)25-12-9-18(10-13-25)26-19(15-31-23(26)29)22(28)30-14-17-6-2-1-3-7-17/h1-8,11,18-19H,9-10,12-16H2. The van der Waals surface area contributed by atoms with Gasteiger partial charge in [-0.1, -0.05) is 48.2 Å². The van der Waals surface area contributed by atoms with E-state index in [9.17, 15) is 14.4 Å².